The Labute approximate surface area is 183 Å². The van der Waals surface area contributed by atoms with Crippen LogP contribution in [0.15, 0.2) is 82.6 Å². The van der Waals surface area contributed by atoms with Gasteiger partial charge in [-0.1, -0.05) is 18.2 Å². The predicted octanol–water partition coefficient (Wildman–Crippen LogP) is 4.32. The van der Waals surface area contributed by atoms with Crippen molar-refractivity contribution in [1.29, 1.82) is 0 Å². The molecular weight excluding hydrogens is 469 g/mol. The number of alkyl halides is 3. The molecule has 0 saturated carbocycles. The number of halogens is 3. The molecule has 0 aliphatic heterocycles. The van der Waals surface area contributed by atoms with Crippen LogP contribution < -0.4 is 14.2 Å². The average molecular weight is 486 g/mol. The second-order valence-corrected chi connectivity index (χ2v) is 9.83. The van der Waals surface area contributed by atoms with Gasteiger partial charge < -0.3 is 4.74 Å². The van der Waals surface area contributed by atoms with E-state index >= 15 is 0 Å². The third-order valence-electron chi connectivity index (χ3n) is 4.24. The fourth-order valence-electron chi connectivity index (χ4n) is 2.70. The summed E-state index contributed by atoms with van der Waals surface area (Å²) in [6, 6.07) is 14.2. The topological polar surface area (TPSA) is 102 Å². The molecule has 0 unspecified atom stereocenters. The van der Waals surface area contributed by atoms with Gasteiger partial charge in [-0.25, -0.2) is 16.8 Å². The third kappa shape index (κ3) is 5.32. The zero-order valence-corrected chi connectivity index (χ0v) is 18.1. The third-order valence-corrected chi connectivity index (χ3v) is 7.00. The minimum Gasteiger partial charge on any atom is -0.495 e. The first-order valence-corrected chi connectivity index (χ1v) is 11.8. The van der Waals surface area contributed by atoms with Crippen LogP contribution in [0.25, 0.3) is 0 Å². The molecule has 0 amide bonds. The summed E-state index contributed by atoms with van der Waals surface area (Å²) in [5.41, 5.74) is -0.898. The van der Waals surface area contributed by atoms with Crippen LogP contribution in [0.1, 0.15) is 5.56 Å². The number of benzene rings is 3. The van der Waals surface area contributed by atoms with Gasteiger partial charge in [0.1, 0.15) is 5.75 Å². The van der Waals surface area contributed by atoms with E-state index < -0.39 is 36.7 Å². The van der Waals surface area contributed by atoms with E-state index in [1.54, 1.807) is 18.2 Å². The number of hydrogen-bond acceptors (Lipinski definition) is 5. The lowest BCUT2D eigenvalue weighted by atomic mass is 10.2. The summed E-state index contributed by atoms with van der Waals surface area (Å²) in [6.45, 7) is 0. The van der Waals surface area contributed by atoms with E-state index in [4.69, 9.17) is 4.74 Å². The molecule has 170 valence electrons. The molecule has 0 spiro atoms. The first kappa shape index (κ1) is 23.4. The molecule has 0 saturated heterocycles. The normalized spacial score (nSPS) is 12.2. The molecule has 3 aromatic carbocycles. The Kier molecular flexibility index (Phi) is 6.37. The Morgan fingerprint density at radius 3 is 2.00 bits per heavy atom. The Hall–Kier alpha value is -3.25. The number of hydrogen-bond donors (Lipinski definition) is 2. The van der Waals surface area contributed by atoms with Gasteiger partial charge in [-0.15, -0.1) is 0 Å². The fraction of sp³-hybridized carbons (Fsp3) is 0.100. The van der Waals surface area contributed by atoms with Crippen LogP contribution >= 0.6 is 0 Å². The molecule has 0 heterocycles. The van der Waals surface area contributed by atoms with Crippen molar-refractivity contribution in [2.75, 3.05) is 16.6 Å². The average Bonchev–Trinajstić information content (AvgIpc) is 2.73. The highest BCUT2D eigenvalue weighted by molar-refractivity contribution is 7.93. The molecule has 12 heteroatoms. The lowest BCUT2D eigenvalue weighted by Crippen LogP contribution is -2.16. The quantitative estimate of drug-likeness (QED) is 0.518. The van der Waals surface area contributed by atoms with Crippen LogP contribution in [0, 0.1) is 0 Å². The van der Waals surface area contributed by atoms with Gasteiger partial charge in [-0.05, 0) is 54.6 Å². The van der Waals surface area contributed by atoms with Gasteiger partial charge in [0.15, 0.2) is 0 Å². The van der Waals surface area contributed by atoms with Gasteiger partial charge in [-0.2, -0.15) is 13.2 Å². The summed E-state index contributed by atoms with van der Waals surface area (Å²) < 4.78 is 98.2. The highest BCUT2D eigenvalue weighted by atomic mass is 32.2. The van der Waals surface area contributed by atoms with Crippen molar-refractivity contribution < 1.29 is 34.7 Å². The Bertz CT molecular complexity index is 1320. The Morgan fingerprint density at radius 2 is 1.38 bits per heavy atom. The van der Waals surface area contributed by atoms with E-state index in [-0.39, 0.29) is 22.0 Å². The second kappa shape index (κ2) is 8.71. The van der Waals surface area contributed by atoms with Crippen LogP contribution in [0.4, 0.5) is 24.5 Å². The Morgan fingerprint density at radius 1 is 0.750 bits per heavy atom. The van der Waals surface area contributed by atoms with E-state index in [1.807, 2.05) is 0 Å². The minimum absolute atomic E-state index is 0.0900. The van der Waals surface area contributed by atoms with Crippen LogP contribution in [-0.2, 0) is 26.2 Å². The fourth-order valence-corrected chi connectivity index (χ4v) is 4.86. The van der Waals surface area contributed by atoms with Crippen molar-refractivity contribution in [3.63, 3.8) is 0 Å². The first-order chi connectivity index (χ1) is 14.9. The number of rotatable bonds is 7. The minimum atomic E-state index is -4.60. The molecule has 0 fully saturated rings. The number of anilines is 2. The zero-order valence-electron chi connectivity index (χ0n) is 16.4. The molecule has 3 rings (SSSR count). The summed E-state index contributed by atoms with van der Waals surface area (Å²) in [5, 5.41) is 0. The zero-order chi connectivity index (χ0) is 23.6. The molecular formula is C20H17F3N2O5S2. The summed E-state index contributed by atoms with van der Waals surface area (Å²) in [5.74, 6) is 0.287. The van der Waals surface area contributed by atoms with E-state index in [9.17, 15) is 30.0 Å². The van der Waals surface area contributed by atoms with Gasteiger partial charge in [0.2, 0.25) is 0 Å². The Balaban J connectivity index is 1.85. The molecule has 0 atom stereocenters. The van der Waals surface area contributed by atoms with Crippen molar-refractivity contribution >= 4 is 31.4 Å². The highest BCUT2D eigenvalue weighted by Crippen LogP contribution is 2.30. The van der Waals surface area contributed by atoms with E-state index in [0.29, 0.717) is 12.1 Å². The number of ether oxygens (including phenoxy) is 1. The van der Waals surface area contributed by atoms with E-state index in [1.165, 1.54) is 31.4 Å². The molecule has 3 aromatic rings. The van der Waals surface area contributed by atoms with E-state index in [0.717, 1.165) is 18.2 Å². The number of nitrogens with one attached hydrogen (secondary N) is 2. The van der Waals surface area contributed by atoms with Gasteiger partial charge >= 0.3 is 6.18 Å². The molecule has 7 nitrogen and oxygen atoms in total. The molecule has 0 radical (unpaired) electrons. The maximum absolute atomic E-state index is 12.7. The van der Waals surface area contributed by atoms with Gasteiger partial charge in [0, 0.05) is 0 Å². The van der Waals surface area contributed by atoms with Crippen LogP contribution in [0.3, 0.4) is 0 Å². The number of sulfonamides is 2. The van der Waals surface area contributed by atoms with Crippen molar-refractivity contribution in [2.24, 2.45) is 0 Å². The van der Waals surface area contributed by atoms with Gasteiger partial charge in [0.05, 0.1) is 33.8 Å². The van der Waals surface area contributed by atoms with Gasteiger partial charge in [-0.3, -0.25) is 9.44 Å². The van der Waals surface area contributed by atoms with Crippen molar-refractivity contribution in [1.82, 2.24) is 0 Å². The SMILES string of the molecule is COc1ccccc1NS(=O)(=O)c1cccc(NS(=O)(=O)c2ccc(C(F)(F)F)cc2)c1. The standard InChI is InChI=1S/C20H17F3N2O5S2/c1-30-19-8-3-2-7-18(19)25-32(28,29)17-6-4-5-15(13-17)24-31(26,27)16-11-9-14(10-12-16)20(21,22)23/h2-13,24-25H,1H3. The number of methoxy groups -OCH3 is 1. The lowest BCUT2D eigenvalue weighted by Gasteiger charge is -2.13. The van der Waals surface area contributed by atoms with Crippen molar-refractivity contribution in [3.8, 4) is 5.75 Å². The number of para-hydroxylation sites is 2. The predicted molar refractivity (Wildman–Crippen MR) is 112 cm³/mol. The molecule has 0 bridgehead atoms. The molecule has 32 heavy (non-hydrogen) atoms. The summed E-state index contributed by atoms with van der Waals surface area (Å²) in [7, 11) is -6.98. The summed E-state index contributed by atoms with van der Waals surface area (Å²) in [6.07, 6.45) is -4.60. The molecule has 0 aromatic heterocycles. The molecule has 0 aliphatic carbocycles. The second-order valence-electron chi connectivity index (χ2n) is 6.46. The van der Waals surface area contributed by atoms with Crippen LogP contribution in [0.5, 0.6) is 5.75 Å². The first-order valence-electron chi connectivity index (χ1n) is 8.88. The largest absolute Gasteiger partial charge is 0.495 e. The molecule has 2 N–H and O–H groups in total. The van der Waals surface area contributed by atoms with Crippen molar-refractivity contribution in [3.05, 3.63) is 78.4 Å². The van der Waals surface area contributed by atoms with E-state index in [2.05, 4.69) is 9.44 Å². The monoisotopic (exact) mass is 486 g/mol. The molecule has 0 aliphatic rings. The van der Waals surface area contributed by atoms with Crippen molar-refractivity contribution in [2.45, 2.75) is 16.0 Å². The smallest absolute Gasteiger partial charge is 0.416 e. The summed E-state index contributed by atoms with van der Waals surface area (Å²) in [4.78, 5) is -0.651. The maximum Gasteiger partial charge on any atom is 0.416 e. The summed E-state index contributed by atoms with van der Waals surface area (Å²) >= 11 is 0. The highest BCUT2D eigenvalue weighted by Gasteiger charge is 2.30. The lowest BCUT2D eigenvalue weighted by molar-refractivity contribution is -0.137. The van der Waals surface area contributed by atoms with Gasteiger partial charge in [0.25, 0.3) is 20.0 Å². The maximum atomic E-state index is 12.7. The van der Waals surface area contributed by atoms with Crippen LogP contribution in [0.2, 0.25) is 0 Å². The van der Waals surface area contributed by atoms with Crippen LogP contribution in [-0.4, -0.2) is 23.9 Å².